The van der Waals surface area contributed by atoms with Crippen molar-refractivity contribution in [2.75, 3.05) is 18.6 Å². The van der Waals surface area contributed by atoms with E-state index in [0.29, 0.717) is 6.04 Å². The van der Waals surface area contributed by atoms with Gasteiger partial charge in [-0.2, -0.15) is 11.8 Å². The van der Waals surface area contributed by atoms with Gasteiger partial charge in [-0.15, -0.1) is 0 Å². The van der Waals surface area contributed by atoms with Gasteiger partial charge in [0, 0.05) is 6.04 Å². The number of halogens is 1. The topological polar surface area (TPSA) is 12.0 Å². The first-order valence-corrected chi connectivity index (χ1v) is 7.45. The summed E-state index contributed by atoms with van der Waals surface area (Å²) < 4.78 is 12.9. The maximum atomic E-state index is 12.9. The van der Waals surface area contributed by atoms with Crippen molar-refractivity contribution in [3.8, 4) is 0 Å². The summed E-state index contributed by atoms with van der Waals surface area (Å²) in [4.78, 5) is 0. The molecule has 1 unspecified atom stereocenters. The minimum atomic E-state index is -0.155. The molecule has 0 amide bonds. The molecule has 3 heteroatoms. The number of thioether (sulfide) groups is 1. The molecule has 2 rings (SSSR count). The second-order valence-corrected chi connectivity index (χ2v) is 5.91. The predicted molar refractivity (Wildman–Crippen MR) is 72.9 cm³/mol. The normalized spacial score (nSPS) is 19.2. The van der Waals surface area contributed by atoms with E-state index in [-0.39, 0.29) is 5.82 Å². The maximum absolute atomic E-state index is 12.9. The highest BCUT2D eigenvalue weighted by atomic mass is 32.2. The molecule has 0 bridgehead atoms. The average Bonchev–Trinajstić information content (AvgIpc) is 2.38. The zero-order valence-corrected chi connectivity index (χ0v) is 11.1. The highest BCUT2D eigenvalue weighted by Crippen LogP contribution is 2.30. The van der Waals surface area contributed by atoms with Gasteiger partial charge >= 0.3 is 0 Å². The van der Waals surface area contributed by atoms with Crippen LogP contribution in [0.4, 0.5) is 4.39 Å². The molecule has 1 fully saturated rings. The minimum Gasteiger partial charge on any atom is -0.313 e. The zero-order valence-electron chi connectivity index (χ0n) is 10.3. The van der Waals surface area contributed by atoms with Crippen molar-refractivity contribution in [2.45, 2.75) is 25.3 Å². The van der Waals surface area contributed by atoms with Gasteiger partial charge in [-0.3, -0.25) is 0 Å². The molecule has 0 spiro atoms. The predicted octanol–water partition coefficient (Wildman–Crippen LogP) is 3.62. The van der Waals surface area contributed by atoms with Gasteiger partial charge in [0.05, 0.1) is 0 Å². The van der Waals surface area contributed by atoms with Crippen molar-refractivity contribution >= 4 is 11.8 Å². The molecule has 1 heterocycles. The second kappa shape index (κ2) is 6.41. The van der Waals surface area contributed by atoms with Crippen molar-refractivity contribution in [1.82, 2.24) is 5.32 Å². The summed E-state index contributed by atoms with van der Waals surface area (Å²) >= 11 is 2.06. The van der Waals surface area contributed by atoms with Crippen molar-refractivity contribution in [2.24, 2.45) is 5.92 Å². The largest absolute Gasteiger partial charge is 0.313 e. The van der Waals surface area contributed by atoms with Gasteiger partial charge in [-0.05, 0) is 61.4 Å². The van der Waals surface area contributed by atoms with E-state index in [1.165, 1.54) is 36.3 Å². The van der Waals surface area contributed by atoms with Crippen LogP contribution in [0, 0.1) is 11.7 Å². The highest BCUT2D eigenvalue weighted by Gasteiger charge is 2.19. The lowest BCUT2D eigenvalue weighted by Gasteiger charge is -2.26. The Kier molecular flexibility index (Phi) is 4.86. The van der Waals surface area contributed by atoms with Crippen molar-refractivity contribution in [1.29, 1.82) is 0 Å². The first kappa shape index (κ1) is 12.9. The van der Waals surface area contributed by atoms with Gasteiger partial charge in [0.2, 0.25) is 0 Å². The van der Waals surface area contributed by atoms with E-state index in [9.17, 15) is 4.39 Å². The molecule has 1 aromatic rings. The summed E-state index contributed by atoms with van der Waals surface area (Å²) in [7, 11) is 1.99. The average molecular weight is 253 g/mol. The van der Waals surface area contributed by atoms with E-state index in [4.69, 9.17) is 0 Å². The maximum Gasteiger partial charge on any atom is 0.123 e. The summed E-state index contributed by atoms with van der Waals surface area (Å²) in [6.07, 6.45) is 3.82. The van der Waals surface area contributed by atoms with Gasteiger partial charge in [0.25, 0.3) is 0 Å². The van der Waals surface area contributed by atoms with E-state index in [0.717, 1.165) is 5.92 Å². The SMILES string of the molecule is CNC(CC1CCSCC1)c1ccc(F)cc1. The molecule has 1 aliphatic rings. The van der Waals surface area contributed by atoms with Gasteiger partial charge in [0.1, 0.15) is 5.82 Å². The standard InChI is InChI=1S/C14H20FNS/c1-16-14(10-11-6-8-17-9-7-11)12-2-4-13(15)5-3-12/h2-5,11,14,16H,6-10H2,1H3. The molecule has 1 aliphatic heterocycles. The molecule has 0 aliphatic carbocycles. The summed E-state index contributed by atoms with van der Waals surface area (Å²) in [5.74, 6) is 3.26. The minimum absolute atomic E-state index is 0.155. The summed E-state index contributed by atoms with van der Waals surface area (Å²) in [6.45, 7) is 0. The van der Waals surface area contributed by atoms with E-state index in [1.807, 2.05) is 19.2 Å². The number of benzene rings is 1. The first-order valence-electron chi connectivity index (χ1n) is 6.30. The number of hydrogen-bond acceptors (Lipinski definition) is 2. The first-order chi connectivity index (χ1) is 8.29. The van der Waals surface area contributed by atoms with Crippen LogP contribution >= 0.6 is 11.8 Å². The van der Waals surface area contributed by atoms with E-state index in [1.54, 1.807) is 12.1 Å². The van der Waals surface area contributed by atoms with Crippen molar-refractivity contribution in [3.05, 3.63) is 35.6 Å². The summed E-state index contributed by atoms with van der Waals surface area (Å²) in [6, 6.07) is 7.26. The van der Waals surface area contributed by atoms with Crippen LogP contribution in [0.5, 0.6) is 0 Å². The Morgan fingerprint density at radius 1 is 1.29 bits per heavy atom. The second-order valence-electron chi connectivity index (χ2n) is 4.68. The molecular formula is C14H20FNS. The van der Waals surface area contributed by atoms with E-state index >= 15 is 0 Å². The lowest BCUT2D eigenvalue weighted by Crippen LogP contribution is -2.22. The lowest BCUT2D eigenvalue weighted by molar-refractivity contribution is 0.384. The quantitative estimate of drug-likeness (QED) is 0.879. The van der Waals surface area contributed by atoms with E-state index < -0.39 is 0 Å². The summed E-state index contributed by atoms with van der Waals surface area (Å²) in [5, 5.41) is 3.36. The fraction of sp³-hybridized carbons (Fsp3) is 0.571. The van der Waals surface area contributed by atoms with Gasteiger partial charge in [-0.1, -0.05) is 12.1 Å². The van der Waals surface area contributed by atoms with Crippen LogP contribution < -0.4 is 5.32 Å². The number of rotatable bonds is 4. The van der Waals surface area contributed by atoms with Crippen molar-refractivity contribution < 1.29 is 4.39 Å². The molecule has 1 nitrogen and oxygen atoms in total. The third kappa shape index (κ3) is 3.71. The molecule has 0 radical (unpaired) electrons. The summed E-state index contributed by atoms with van der Waals surface area (Å²) in [5.41, 5.74) is 1.20. The van der Waals surface area contributed by atoms with Crippen LogP contribution in [0.25, 0.3) is 0 Å². The Morgan fingerprint density at radius 3 is 2.53 bits per heavy atom. The Balaban J connectivity index is 1.97. The Bertz CT molecular complexity index is 333. The molecule has 1 saturated heterocycles. The van der Waals surface area contributed by atoms with Crippen LogP contribution in [0.3, 0.4) is 0 Å². The molecule has 0 aromatic heterocycles. The van der Waals surface area contributed by atoms with E-state index in [2.05, 4.69) is 17.1 Å². The van der Waals surface area contributed by atoms with Gasteiger partial charge < -0.3 is 5.32 Å². The fourth-order valence-electron chi connectivity index (χ4n) is 2.43. The fourth-order valence-corrected chi connectivity index (χ4v) is 3.64. The van der Waals surface area contributed by atoms with Crippen LogP contribution in [0.2, 0.25) is 0 Å². The monoisotopic (exact) mass is 253 g/mol. The molecule has 0 saturated carbocycles. The van der Waals surface area contributed by atoms with Crippen LogP contribution in [0.15, 0.2) is 24.3 Å². The third-order valence-electron chi connectivity index (χ3n) is 3.53. The molecule has 17 heavy (non-hydrogen) atoms. The smallest absolute Gasteiger partial charge is 0.123 e. The Hall–Kier alpha value is -0.540. The van der Waals surface area contributed by atoms with Crippen molar-refractivity contribution in [3.63, 3.8) is 0 Å². The number of nitrogens with one attached hydrogen (secondary N) is 1. The molecule has 94 valence electrons. The zero-order chi connectivity index (χ0) is 12.1. The highest BCUT2D eigenvalue weighted by molar-refractivity contribution is 7.99. The number of hydrogen-bond donors (Lipinski definition) is 1. The molecule has 1 atom stereocenters. The van der Waals surface area contributed by atoms with Gasteiger partial charge in [-0.25, -0.2) is 4.39 Å². The molecule has 1 aromatic carbocycles. The Labute approximate surface area is 107 Å². The molecule has 1 N–H and O–H groups in total. The lowest BCUT2D eigenvalue weighted by atomic mass is 9.91. The van der Waals surface area contributed by atoms with Crippen LogP contribution in [-0.2, 0) is 0 Å². The Morgan fingerprint density at radius 2 is 1.94 bits per heavy atom. The van der Waals surface area contributed by atoms with Crippen LogP contribution in [-0.4, -0.2) is 18.6 Å². The van der Waals surface area contributed by atoms with Gasteiger partial charge in [0.15, 0.2) is 0 Å². The third-order valence-corrected chi connectivity index (χ3v) is 4.58. The van der Waals surface area contributed by atoms with Crippen LogP contribution in [0.1, 0.15) is 30.9 Å². The molecular weight excluding hydrogens is 233 g/mol.